The van der Waals surface area contributed by atoms with Crippen LogP contribution >= 0.6 is 0 Å². The van der Waals surface area contributed by atoms with Crippen molar-refractivity contribution >= 4 is 5.91 Å². The fourth-order valence-corrected chi connectivity index (χ4v) is 3.41. The summed E-state index contributed by atoms with van der Waals surface area (Å²) in [7, 11) is 0. The number of hydrogen-bond acceptors (Lipinski definition) is 2. The van der Waals surface area contributed by atoms with Crippen molar-refractivity contribution in [1.29, 1.82) is 0 Å². The Labute approximate surface area is 137 Å². The lowest BCUT2D eigenvalue weighted by atomic mass is 10.1. The van der Waals surface area contributed by atoms with Gasteiger partial charge < -0.3 is 15.2 Å². The smallest absolute Gasteiger partial charge is 0.253 e. The molecule has 1 saturated heterocycles. The van der Waals surface area contributed by atoms with Crippen molar-refractivity contribution in [3.8, 4) is 5.69 Å². The van der Waals surface area contributed by atoms with Crippen LogP contribution < -0.4 is 10.6 Å². The molecule has 122 valence electrons. The minimum atomic E-state index is 0.0461. The van der Waals surface area contributed by atoms with Crippen LogP contribution in [0.3, 0.4) is 0 Å². The molecular weight excluding hydrogens is 286 g/mol. The lowest BCUT2D eigenvalue weighted by Gasteiger charge is -2.23. The van der Waals surface area contributed by atoms with Crippen LogP contribution in [0.1, 0.15) is 40.2 Å². The van der Waals surface area contributed by atoms with E-state index >= 15 is 0 Å². The topological polar surface area (TPSA) is 46.1 Å². The second kappa shape index (κ2) is 6.59. The van der Waals surface area contributed by atoms with Gasteiger partial charge in [0.05, 0.1) is 5.56 Å². The van der Waals surface area contributed by atoms with Gasteiger partial charge in [-0.1, -0.05) is 18.2 Å². The number of benzene rings is 1. The van der Waals surface area contributed by atoms with Gasteiger partial charge in [0, 0.05) is 23.1 Å². The highest BCUT2D eigenvalue weighted by Gasteiger charge is 2.21. The minimum Gasteiger partial charge on any atom is -0.349 e. The summed E-state index contributed by atoms with van der Waals surface area (Å²) in [4.78, 5) is 12.7. The molecule has 1 aliphatic heterocycles. The van der Waals surface area contributed by atoms with Gasteiger partial charge in [0.1, 0.15) is 0 Å². The molecule has 2 aromatic rings. The third-order valence-corrected chi connectivity index (χ3v) is 4.71. The van der Waals surface area contributed by atoms with E-state index < -0.39 is 0 Å². The largest absolute Gasteiger partial charge is 0.349 e. The first-order chi connectivity index (χ1) is 11.1. The molecule has 1 aromatic heterocycles. The number of piperidine rings is 1. The highest BCUT2D eigenvalue weighted by atomic mass is 16.1. The van der Waals surface area contributed by atoms with Gasteiger partial charge in [-0.15, -0.1) is 0 Å². The molecule has 1 amide bonds. The third kappa shape index (κ3) is 3.17. The fraction of sp³-hybridized carbons (Fsp3) is 0.421. The second-order valence-corrected chi connectivity index (χ2v) is 6.40. The van der Waals surface area contributed by atoms with Crippen molar-refractivity contribution < 1.29 is 4.79 Å². The lowest BCUT2D eigenvalue weighted by molar-refractivity contribution is 0.0929. The quantitative estimate of drug-likeness (QED) is 0.915. The molecule has 1 aromatic carbocycles. The van der Waals surface area contributed by atoms with Crippen LogP contribution in [0.2, 0.25) is 0 Å². The van der Waals surface area contributed by atoms with E-state index in [1.807, 2.05) is 25.1 Å². The molecule has 4 heteroatoms. The van der Waals surface area contributed by atoms with Crippen LogP contribution in [0.15, 0.2) is 30.3 Å². The van der Waals surface area contributed by atoms with Crippen LogP contribution in [0, 0.1) is 20.8 Å². The van der Waals surface area contributed by atoms with Crippen molar-refractivity contribution in [2.24, 2.45) is 0 Å². The number of carbonyl (C=O) groups is 1. The number of rotatable bonds is 3. The molecule has 3 rings (SSSR count). The molecule has 0 bridgehead atoms. The number of nitrogens with zero attached hydrogens (tertiary/aromatic N) is 1. The van der Waals surface area contributed by atoms with Crippen molar-refractivity contribution in [1.82, 2.24) is 15.2 Å². The summed E-state index contributed by atoms with van der Waals surface area (Å²) < 4.78 is 2.17. The zero-order valence-corrected chi connectivity index (χ0v) is 14.1. The molecule has 1 fully saturated rings. The first-order valence-electron chi connectivity index (χ1n) is 8.34. The summed E-state index contributed by atoms with van der Waals surface area (Å²) in [6.45, 7) is 8.14. The Morgan fingerprint density at radius 1 is 1.17 bits per heavy atom. The van der Waals surface area contributed by atoms with Gasteiger partial charge in [0.25, 0.3) is 5.91 Å². The first-order valence-corrected chi connectivity index (χ1v) is 8.34. The molecule has 1 aliphatic rings. The summed E-state index contributed by atoms with van der Waals surface area (Å²) in [6, 6.07) is 10.6. The highest BCUT2D eigenvalue weighted by Crippen LogP contribution is 2.23. The van der Waals surface area contributed by atoms with Gasteiger partial charge in [0.2, 0.25) is 0 Å². The molecule has 4 nitrogen and oxygen atoms in total. The lowest BCUT2D eigenvalue weighted by Crippen LogP contribution is -2.42. The van der Waals surface area contributed by atoms with E-state index in [4.69, 9.17) is 0 Å². The van der Waals surface area contributed by atoms with E-state index in [1.54, 1.807) is 0 Å². The van der Waals surface area contributed by atoms with Crippen LogP contribution in [0.4, 0.5) is 0 Å². The highest BCUT2D eigenvalue weighted by molar-refractivity contribution is 5.96. The zero-order chi connectivity index (χ0) is 16.4. The van der Waals surface area contributed by atoms with Crippen LogP contribution in [0.25, 0.3) is 5.69 Å². The number of amides is 1. The van der Waals surface area contributed by atoms with Crippen molar-refractivity contribution in [2.45, 2.75) is 39.7 Å². The number of para-hydroxylation sites is 1. The third-order valence-electron chi connectivity index (χ3n) is 4.71. The molecule has 0 unspecified atom stereocenters. The average Bonchev–Trinajstić information content (AvgIpc) is 2.84. The number of hydrogen-bond donors (Lipinski definition) is 2. The fourth-order valence-electron chi connectivity index (χ4n) is 3.41. The maximum atomic E-state index is 12.7. The van der Waals surface area contributed by atoms with E-state index in [0.29, 0.717) is 0 Å². The number of aryl methyl sites for hydroxylation is 2. The van der Waals surface area contributed by atoms with E-state index in [2.05, 4.69) is 41.2 Å². The average molecular weight is 311 g/mol. The Morgan fingerprint density at radius 2 is 1.87 bits per heavy atom. The molecular formula is C19H25N3O. The molecule has 0 aliphatic carbocycles. The van der Waals surface area contributed by atoms with E-state index in [-0.39, 0.29) is 11.9 Å². The Morgan fingerprint density at radius 3 is 2.57 bits per heavy atom. The van der Waals surface area contributed by atoms with Crippen LogP contribution in [0.5, 0.6) is 0 Å². The van der Waals surface area contributed by atoms with E-state index in [1.165, 1.54) is 5.56 Å². The summed E-state index contributed by atoms with van der Waals surface area (Å²) >= 11 is 0. The molecule has 0 atom stereocenters. The van der Waals surface area contributed by atoms with E-state index in [0.717, 1.165) is 48.6 Å². The number of aromatic nitrogens is 1. The first kappa shape index (κ1) is 15.8. The molecule has 0 radical (unpaired) electrons. The van der Waals surface area contributed by atoms with Gasteiger partial charge in [-0.3, -0.25) is 4.79 Å². The van der Waals surface area contributed by atoms with Gasteiger partial charge >= 0.3 is 0 Å². The Balaban J connectivity index is 1.88. The van der Waals surface area contributed by atoms with E-state index in [9.17, 15) is 4.79 Å². The van der Waals surface area contributed by atoms with Gasteiger partial charge in [-0.25, -0.2) is 0 Å². The Bertz CT molecular complexity index is 711. The van der Waals surface area contributed by atoms with Gasteiger partial charge in [0.15, 0.2) is 0 Å². The predicted octanol–water partition coefficient (Wildman–Crippen LogP) is 2.88. The summed E-state index contributed by atoms with van der Waals surface area (Å²) in [6.07, 6.45) is 2.00. The summed E-state index contributed by atoms with van der Waals surface area (Å²) in [5, 5.41) is 6.51. The van der Waals surface area contributed by atoms with Crippen molar-refractivity contribution in [3.63, 3.8) is 0 Å². The predicted molar refractivity (Wildman–Crippen MR) is 93.3 cm³/mol. The minimum absolute atomic E-state index is 0.0461. The molecule has 23 heavy (non-hydrogen) atoms. The SMILES string of the molecule is Cc1ccccc1-n1c(C)cc(C(=O)NC2CCNCC2)c1C. The molecule has 2 heterocycles. The van der Waals surface area contributed by atoms with Crippen LogP contribution in [-0.4, -0.2) is 29.6 Å². The van der Waals surface area contributed by atoms with Crippen molar-refractivity contribution in [2.75, 3.05) is 13.1 Å². The molecule has 0 saturated carbocycles. The second-order valence-electron chi connectivity index (χ2n) is 6.40. The summed E-state index contributed by atoms with van der Waals surface area (Å²) in [5.41, 5.74) is 5.22. The Hall–Kier alpha value is -2.07. The number of nitrogens with one attached hydrogen (secondary N) is 2. The monoisotopic (exact) mass is 311 g/mol. The maximum Gasteiger partial charge on any atom is 0.253 e. The van der Waals surface area contributed by atoms with Gasteiger partial charge in [-0.05, 0) is 64.4 Å². The van der Waals surface area contributed by atoms with Crippen LogP contribution in [-0.2, 0) is 0 Å². The normalized spacial score (nSPS) is 15.6. The number of carbonyl (C=O) groups excluding carboxylic acids is 1. The van der Waals surface area contributed by atoms with Crippen molar-refractivity contribution in [3.05, 3.63) is 52.8 Å². The Kier molecular flexibility index (Phi) is 4.53. The molecule has 2 N–H and O–H groups in total. The summed E-state index contributed by atoms with van der Waals surface area (Å²) in [5.74, 6) is 0.0461. The maximum absolute atomic E-state index is 12.7. The molecule has 0 spiro atoms. The standard InChI is InChI=1S/C19H25N3O/c1-13-6-4-5-7-18(13)22-14(2)12-17(15(22)3)19(23)21-16-8-10-20-11-9-16/h4-7,12,16,20H,8-11H2,1-3H3,(H,21,23). The zero-order valence-electron chi connectivity index (χ0n) is 14.1. The van der Waals surface area contributed by atoms with Gasteiger partial charge in [-0.2, -0.15) is 0 Å².